The summed E-state index contributed by atoms with van der Waals surface area (Å²) in [5.74, 6) is -15.9. The summed E-state index contributed by atoms with van der Waals surface area (Å²) in [6.07, 6.45) is 0. The van der Waals surface area contributed by atoms with Gasteiger partial charge in [-0.05, 0) is 0 Å². The molecule has 2 aromatic heterocycles. The van der Waals surface area contributed by atoms with E-state index in [1.807, 2.05) is 0 Å². The SMILES string of the molecule is FC1(F)C(c2csc(-c3ccccc3)n2)=C(c2csc(-c3ccccc3)n2)C(F)(F)C1(F)F. The third-order valence-corrected chi connectivity index (χ3v) is 7.01. The van der Waals surface area contributed by atoms with Crippen LogP contribution in [-0.4, -0.2) is 27.7 Å². The zero-order valence-corrected chi connectivity index (χ0v) is 18.0. The van der Waals surface area contributed by atoms with E-state index in [0.717, 1.165) is 33.4 Å². The molecule has 0 spiro atoms. The first kappa shape index (κ1) is 21.8. The van der Waals surface area contributed by atoms with Crippen LogP contribution in [0, 0.1) is 0 Å². The predicted molar refractivity (Wildman–Crippen MR) is 117 cm³/mol. The largest absolute Gasteiger partial charge is 0.380 e. The lowest BCUT2D eigenvalue weighted by atomic mass is 10.0. The van der Waals surface area contributed by atoms with Crippen molar-refractivity contribution in [2.24, 2.45) is 0 Å². The van der Waals surface area contributed by atoms with Gasteiger partial charge in [0, 0.05) is 21.9 Å². The fourth-order valence-corrected chi connectivity index (χ4v) is 5.24. The number of aromatic nitrogens is 2. The minimum absolute atomic E-state index is 0.245. The van der Waals surface area contributed by atoms with Crippen LogP contribution in [0.25, 0.3) is 32.3 Å². The Labute approximate surface area is 191 Å². The fraction of sp³-hybridized carbons (Fsp3) is 0.130. The molecule has 2 nitrogen and oxygen atoms in total. The highest BCUT2D eigenvalue weighted by molar-refractivity contribution is 7.13. The van der Waals surface area contributed by atoms with Crippen LogP contribution in [0.1, 0.15) is 11.4 Å². The first-order valence-corrected chi connectivity index (χ1v) is 11.3. The minimum Gasteiger partial charge on any atom is -0.236 e. The van der Waals surface area contributed by atoms with Crippen LogP contribution in [-0.2, 0) is 0 Å². The van der Waals surface area contributed by atoms with Crippen LogP contribution in [0.3, 0.4) is 0 Å². The van der Waals surface area contributed by atoms with E-state index in [9.17, 15) is 26.3 Å². The molecule has 0 saturated heterocycles. The summed E-state index contributed by atoms with van der Waals surface area (Å²) in [5.41, 5.74) is -3.14. The molecule has 2 aromatic carbocycles. The van der Waals surface area contributed by atoms with E-state index in [0.29, 0.717) is 11.1 Å². The maximum Gasteiger partial charge on any atom is 0.380 e. The number of halogens is 6. The number of thiazole rings is 2. The van der Waals surface area contributed by atoms with Gasteiger partial charge in [-0.15, -0.1) is 22.7 Å². The number of hydrogen-bond acceptors (Lipinski definition) is 4. The second-order valence-corrected chi connectivity index (χ2v) is 9.00. The molecule has 0 radical (unpaired) electrons. The van der Waals surface area contributed by atoms with E-state index in [2.05, 4.69) is 9.97 Å². The molecule has 0 bridgehead atoms. The molecule has 1 aliphatic carbocycles. The molecule has 5 rings (SSSR count). The molecular weight excluding hydrogens is 482 g/mol. The Kier molecular flexibility index (Phi) is 4.98. The Bertz CT molecular complexity index is 1240. The molecular formula is C23H12F6N2S2. The lowest BCUT2D eigenvalue weighted by molar-refractivity contribution is -0.254. The van der Waals surface area contributed by atoms with E-state index in [1.165, 1.54) is 0 Å². The summed E-state index contributed by atoms with van der Waals surface area (Å²) in [6.45, 7) is 0. The van der Waals surface area contributed by atoms with Gasteiger partial charge in [0.05, 0.1) is 22.5 Å². The van der Waals surface area contributed by atoms with E-state index >= 15 is 0 Å². The standard InChI is InChI=1S/C23H12F6N2S2/c24-21(25)17(15-11-32-19(30-15)13-7-3-1-4-8-13)18(22(26,27)23(21,28)29)16-12-33-20(31-16)14-9-5-2-6-10-14/h1-12H. The number of rotatable bonds is 4. The number of hydrogen-bond donors (Lipinski definition) is 0. The highest BCUT2D eigenvalue weighted by Gasteiger charge is 2.81. The molecule has 168 valence electrons. The van der Waals surface area contributed by atoms with Crippen molar-refractivity contribution in [2.75, 3.05) is 0 Å². The maximum absolute atomic E-state index is 14.9. The molecule has 10 heteroatoms. The average Bonchev–Trinajstić information content (AvgIpc) is 3.50. The zero-order chi connectivity index (χ0) is 23.4. The highest BCUT2D eigenvalue weighted by Crippen LogP contribution is 2.64. The Balaban J connectivity index is 1.71. The van der Waals surface area contributed by atoms with E-state index in [4.69, 9.17) is 0 Å². The third kappa shape index (κ3) is 3.23. The van der Waals surface area contributed by atoms with E-state index in [-0.39, 0.29) is 10.0 Å². The molecule has 0 aliphatic heterocycles. The second-order valence-electron chi connectivity index (χ2n) is 7.28. The molecule has 0 N–H and O–H groups in total. The summed E-state index contributed by atoms with van der Waals surface area (Å²) in [4.78, 5) is 8.04. The van der Waals surface area contributed by atoms with Crippen LogP contribution in [0.2, 0.25) is 0 Å². The number of alkyl halides is 6. The average molecular weight is 494 g/mol. The van der Waals surface area contributed by atoms with Crippen LogP contribution >= 0.6 is 22.7 Å². The molecule has 2 heterocycles. The quantitative estimate of drug-likeness (QED) is 0.271. The molecule has 1 aliphatic rings. The number of benzene rings is 2. The van der Waals surface area contributed by atoms with Crippen molar-refractivity contribution in [1.82, 2.24) is 9.97 Å². The lowest BCUT2D eigenvalue weighted by Gasteiger charge is -2.25. The topological polar surface area (TPSA) is 25.8 Å². The van der Waals surface area contributed by atoms with Gasteiger partial charge in [-0.3, -0.25) is 0 Å². The van der Waals surface area contributed by atoms with Gasteiger partial charge in [0.1, 0.15) is 10.0 Å². The Morgan fingerprint density at radius 3 is 1.27 bits per heavy atom. The zero-order valence-electron chi connectivity index (χ0n) is 16.4. The van der Waals surface area contributed by atoms with E-state index < -0.39 is 40.3 Å². The van der Waals surface area contributed by atoms with Crippen molar-refractivity contribution in [2.45, 2.75) is 17.8 Å². The van der Waals surface area contributed by atoms with Gasteiger partial charge in [-0.2, -0.15) is 26.3 Å². The maximum atomic E-state index is 14.9. The molecule has 0 saturated carbocycles. The van der Waals surface area contributed by atoms with Crippen molar-refractivity contribution in [3.05, 3.63) is 82.8 Å². The Hall–Kier alpha value is -2.98. The third-order valence-electron chi connectivity index (χ3n) is 5.23. The van der Waals surface area contributed by atoms with Gasteiger partial charge in [0.15, 0.2) is 0 Å². The summed E-state index contributed by atoms with van der Waals surface area (Å²) in [7, 11) is 0. The second kappa shape index (κ2) is 7.53. The summed E-state index contributed by atoms with van der Waals surface area (Å²) in [6, 6.07) is 16.8. The highest BCUT2D eigenvalue weighted by atomic mass is 32.1. The van der Waals surface area contributed by atoms with Gasteiger partial charge in [-0.1, -0.05) is 60.7 Å². The Morgan fingerprint density at radius 2 is 0.909 bits per heavy atom. The number of nitrogens with zero attached hydrogens (tertiary/aromatic N) is 2. The molecule has 0 fully saturated rings. The van der Waals surface area contributed by atoms with Gasteiger partial charge < -0.3 is 0 Å². The summed E-state index contributed by atoms with van der Waals surface area (Å²) in [5, 5.41) is 2.67. The van der Waals surface area contributed by atoms with Crippen molar-refractivity contribution in [1.29, 1.82) is 0 Å². The van der Waals surface area contributed by atoms with Gasteiger partial charge in [0.25, 0.3) is 0 Å². The summed E-state index contributed by atoms with van der Waals surface area (Å²) >= 11 is 1.81. The van der Waals surface area contributed by atoms with E-state index in [1.54, 1.807) is 60.7 Å². The molecule has 0 amide bonds. The van der Waals surface area contributed by atoms with Crippen LogP contribution in [0.15, 0.2) is 71.4 Å². The van der Waals surface area contributed by atoms with Gasteiger partial charge in [0.2, 0.25) is 0 Å². The van der Waals surface area contributed by atoms with Crippen molar-refractivity contribution in [3.63, 3.8) is 0 Å². The molecule has 0 unspecified atom stereocenters. The monoisotopic (exact) mass is 494 g/mol. The Morgan fingerprint density at radius 1 is 0.545 bits per heavy atom. The van der Waals surface area contributed by atoms with Crippen LogP contribution in [0.5, 0.6) is 0 Å². The normalized spacial score (nSPS) is 18.6. The van der Waals surface area contributed by atoms with Crippen molar-refractivity contribution >= 4 is 33.8 Å². The van der Waals surface area contributed by atoms with Gasteiger partial charge in [-0.25, -0.2) is 9.97 Å². The smallest absolute Gasteiger partial charge is 0.236 e. The van der Waals surface area contributed by atoms with Crippen molar-refractivity contribution < 1.29 is 26.3 Å². The predicted octanol–water partition coefficient (Wildman–Crippen LogP) is 7.76. The molecule has 0 atom stereocenters. The fourth-order valence-electron chi connectivity index (χ4n) is 3.61. The first-order chi connectivity index (χ1) is 15.6. The van der Waals surface area contributed by atoms with Gasteiger partial charge >= 0.3 is 17.8 Å². The number of allylic oxidation sites excluding steroid dienone is 2. The molecule has 33 heavy (non-hydrogen) atoms. The summed E-state index contributed by atoms with van der Waals surface area (Å²) < 4.78 is 88.5. The molecule has 4 aromatic rings. The van der Waals surface area contributed by atoms with Crippen LogP contribution in [0.4, 0.5) is 26.3 Å². The van der Waals surface area contributed by atoms with Crippen molar-refractivity contribution in [3.8, 4) is 21.1 Å². The lowest BCUT2D eigenvalue weighted by Crippen LogP contribution is -2.48. The van der Waals surface area contributed by atoms with Crippen LogP contribution < -0.4 is 0 Å². The first-order valence-electron chi connectivity index (χ1n) is 9.56. The minimum atomic E-state index is -5.64.